The van der Waals surface area contributed by atoms with Crippen LogP contribution in [0.5, 0.6) is 0 Å². The average molecular weight is 302 g/mol. The van der Waals surface area contributed by atoms with Gasteiger partial charge in [0.25, 0.3) is 5.91 Å². The summed E-state index contributed by atoms with van der Waals surface area (Å²) in [5.41, 5.74) is 6.68. The molecule has 1 aromatic carbocycles. The summed E-state index contributed by atoms with van der Waals surface area (Å²) in [6.07, 6.45) is 0. The Kier molecular flexibility index (Phi) is 3.75. The Hall–Kier alpha value is -1.30. The summed E-state index contributed by atoms with van der Waals surface area (Å²) in [7, 11) is 0. The average Bonchev–Trinajstić information content (AvgIpc) is 2.56. The predicted molar refractivity (Wildman–Crippen MR) is 75.7 cm³/mol. The van der Waals surface area contributed by atoms with Gasteiger partial charge in [-0.3, -0.25) is 4.79 Å². The molecule has 3 N–H and O–H groups in total. The Morgan fingerprint density at radius 2 is 1.94 bits per heavy atom. The number of carbonyl (C=O) groups is 1. The Bertz CT molecular complexity index is 592. The largest absolute Gasteiger partial charge is 0.375 e. The van der Waals surface area contributed by atoms with Crippen molar-refractivity contribution in [3.63, 3.8) is 0 Å². The summed E-state index contributed by atoms with van der Waals surface area (Å²) < 4.78 is 0. The first-order valence-electron chi connectivity index (χ1n) is 4.96. The number of amides is 1. The minimum absolute atomic E-state index is 0.278. The molecular formula is C11H9Cl2N3OS. The standard InChI is InChI=1S/C11H9Cl2N3OS/c1-5-9(18-11(14)15-5)10(17)16-8-3-6(12)2-7(13)4-8/h2-4H,1H3,(H2,14,15)(H,16,17). The van der Waals surface area contributed by atoms with Gasteiger partial charge in [0.1, 0.15) is 4.88 Å². The highest BCUT2D eigenvalue weighted by Gasteiger charge is 2.14. The molecule has 2 aromatic rings. The van der Waals surface area contributed by atoms with E-state index < -0.39 is 0 Å². The number of nitrogen functional groups attached to an aromatic ring is 1. The number of nitrogens with zero attached hydrogens (tertiary/aromatic N) is 1. The quantitative estimate of drug-likeness (QED) is 0.890. The zero-order valence-electron chi connectivity index (χ0n) is 9.33. The number of nitrogens with one attached hydrogen (secondary N) is 1. The van der Waals surface area contributed by atoms with E-state index in [0.29, 0.717) is 31.4 Å². The highest BCUT2D eigenvalue weighted by molar-refractivity contribution is 7.17. The van der Waals surface area contributed by atoms with Gasteiger partial charge in [-0.1, -0.05) is 34.5 Å². The molecule has 0 radical (unpaired) electrons. The van der Waals surface area contributed by atoms with Crippen molar-refractivity contribution in [2.75, 3.05) is 11.1 Å². The van der Waals surface area contributed by atoms with Crippen molar-refractivity contribution in [1.82, 2.24) is 4.98 Å². The summed E-state index contributed by atoms with van der Waals surface area (Å²) in [6.45, 7) is 1.73. The van der Waals surface area contributed by atoms with Gasteiger partial charge in [-0.05, 0) is 25.1 Å². The second kappa shape index (κ2) is 5.14. The van der Waals surface area contributed by atoms with Gasteiger partial charge in [-0.25, -0.2) is 4.98 Å². The fraction of sp³-hybridized carbons (Fsp3) is 0.0909. The van der Waals surface area contributed by atoms with Gasteiger partial charge >= 0.3 is 0 Å². The number of thiazole rings is 1. The minimum Gasteiger partial charge on any atom is -0.375 e. The van der Waals surface area contributed by atoms with E-state index in [4.69, 9.17) is 28.9 Å². The zero-order valence-corrected chi connectivity index (χ0v) is 11.7. The molecule has 2 rings (SSSR count). The minimum atomic E-state index is -0.278. The number of carbonyl (C=O) groups excluding carboxylic acids is 1. The van der Waals surface area contributed by atoms with Crippen molar-refractivity contribution in [2.45, 2.75) is 6.92 Å². The van der Waals surface area contributed by atoms with E-state index in [1.807, 2.05) is 0 Å². The van der Waals surface area contributed by atoms with E-state index in [9.17, 15) is 4.79 Å². The van der Waals surface area contributed by atoms with Crippen LogP contribution in [0, 0.1) is 6.92 Å². The van der Waals surface area contributed by atoms with Gasteiger partial charge < -0.3 is 11.1 Å². The van der Waals surface area contributed by atoms with Gasteiger partial charge in [0.2, 0.25) is 0 Å². The third kappa shape index (κ3) is 2.93. The second-order valence-corrected chi connectivity index (χ2v) is 5.48. The van der Waals surface area contributed by atoms with E-state index in [1.54, 1.807) is 25.1 Å². The summed E-state index contributed by atoms with van der Waals surface area (Å²) in [5.74, 6) is -0.278. The van der Waals surface area contributed by atoms with Crippen LogP contribution >= 0.6 is 34.5 Å². The highest BCUT2D eigenvalue weighted by atomic mass is 35.5. The van der Waals surface area contributed by atoms with Gasteiger partial charge in [0, 0.05) is 15.7 Å². The third-order valence-corrected chi connectivity index (χ3v) is 3.56. The van der Waals surface area contributed by atoms with E-state index in [0.717, 1.165) is 11.3 Å². The molecule has 1 amide bonds. The van der Waals surface area contributed by atoms with Gasteiger partial charge in [-0.2, -0.15) is 0 Å². The van der Waals surface area contributed by atoms with E-state index in [2.05, 4.69) is 10.3 Å². The van der Waals surface area contributed by atoms with E-state index >= 15 is 0 Å². The molecule has 0 saturated carbocycles. The number of hydrogen-bond acceptors (Lipinski definition) is 4. The Morgan fingerprint density at radius 3 is 2.44 bits per heavy atom. The van der Waals surface area contributed by atoms with Crippen LogP contribution in [0.15, 0.2) is 18.2 Å². The lowest BCUT2D eigenvalue weighted by atomic mass is 10.3. The lowest BCUT2D eigenvalue weighted by molar-refractivity contribution is 0.103. The second-order valence-electron chi connectivity index (χ2n) is 3.58. The van der Waals surface area contributed by atoms with Crippen LogP contribution in [0.1, 0.15) is 15.4 Å². The third-order valence-electron chi connectivity index (χ3n) is 2.14. The van der Waals surface area contributed by atoms with Crippen LogP contribution in [0.3, 0.4) is 0 Å². The molecule has 7 heteroatoms. The normalized spacial score (nSPS) is 10.4. The molecule has 94 valence electrons. The van der Waals surface area contributed by atoms with Crippen molar-refractivity contribution in [3.05, 3.63) is 38.8 Å². The molecule has 0 bridgehead atoms. The molecule has 0 aliphatic carbocycles. The number of benzene rings is 1. The molecule has 0 spiro atoms. The van der Waals surface area contributed by atoms with Crippen LogP contribution in [-0.2, 0) is 0 Å². The maximum absolute atomic E-state index is 12.0. The smallest absolute Gasteiger partial charge is 0.267 e. The van der Waals surface area contributed by atoms with Crippen LogP contribution in [0.25, 0.3) is 0 Å². The molecule has 0 aliphatic rings. The predicted octanol–water partition coefficient (Wildman–Crippen LogP) is 3.59. The van der Waals surface area contributed by atoms with E-state index in [-0.39, 0.29) is 5.91 Å². The lowest BCUT2D eigenvalue weighted by Crippen LogP contribution is -2.11. The zero-order chi connectivity index (χ0) is 13.3. The summed E-state index contributed by atoms with van der Waals surface area (Å²) in [6, 6.07) is 4.82. The number of anilines is 2. The van der Waals surface area contributed by atoms with Gasteiger partial charge in [-0.15, -0.1) is 0 Å². The lowest BCUT2D eigenvalue weighted by Gasteiger charge is -2.05. The Balaban J connectivity index is 2.23. The number of halogens is 2. The number of aryl methyl sites for hydroxylation is 1. The number of hydrogen-bond donors (Lipinski definition) is 2. The molecule has 4 nitrogen and oxygen atoms in total. The van der Waals surface area contributed by atoms with Crippen LogP contribution < -0.4 is 11.1 Å². The first kappa shape index (κ1) is 13.1. The molecule has 0 saturated heterocycles. The van der Waals surface area contributed by atoms with Crippen molar-refractivity contribution >= 4 is 51.3 Å². The summed E-state index contributed by atoms with van der Waals surface area (Å²) >= 11 is 12.8. The molecule has 0 aliphatic heterocycles. The Morgan fingerprint density at radius 1 is 1.33 bits per heavy atom. The van der Waals surface area contributed by atoms with Crippen LogP contribution in [0.4, 0.5) is 10.8 Å². The number of aromatic nitrogens is 1. The SMILES string of the molecule is Cc1nc(N)sc1C(=O)Nc1cc(Cl)cc(Cl)c1. The highest BCUT2D eigenvalue weighted by Crippen LogP contribution is 2.25. The van der Waals surface area contributed by atoms with Crippen molar-refractivity contribution < 1.29 is 4.79 Å². The topological polar surface area (TPSA) is 68.0 Å². The molecule has 0 fully saturated rings. The molecule has 0 atom stereocenters. The number of rotatable bonds is 2. The fourth-order valence-corrected chi connectivity index (χ4v) is 2.70. The molecular weight excluding hydrogens is 293 g/mol. The molecule has 0 unspecified atom stereocenters. The molecule has 18 heavy (non-hydrogen) atoms. The summed E-state index contributed by atoms with van der Waals surface area (Å²) in [5, 5.41) is 3.98. The first-order valence-corrected chi connectivity index (χ1v) is 6.53. The van der Waals surface area contributed by atoms with Crippen LogP contribution in [-0.4, -0.2) is 10.9 Å². The van der Waals surface area contributed by atoms with Gasteiger partial charge in [0.05, 0.1) is 5.69 Å². The monoisotopic (exact) mass is 301 g/mol. The maximum atomic E-state index is 12.0. The van der Waals surface area contributed by atoms with Gasteiger partial charge in [0.15, 0.2) is 5.13 Å². The van der Waals surface area contributed by atoms with E-state index in [1.165, 1.54) is 0 Å². The fourth-order valence-electron chi connectivity index (χ4n) is 1.44. The van der Waals surface area contributed by atoms with Crippen LogP contribution in [0.2, 0.25) is 10.0 Å². The van der Waals surface area contributed by atoms with Crippen molar-refractivity contribution in [1.29, 1.82) is 0 Å². The molecule has 1 heterocycles. The summed E-state index contributed by atoms with van der Waals surface area (Å²) in [4.78, 5) is 16.5. The first-order chi connectivity index (χ1) is 8.45. The molecule has 1 aromatic heterocycles. The maximum Gasteiger partial charge on any atom is 0.267 e. The van der Waals surface area contributed by atoms with Crippen molar-refractivity contribution in [3.8, 4) is 0 Å². The van der Waals surface area contributed by atoms with Crippen molar-refractivity contribution in [2.24, 2.45) is 0 Å². The Labute approximate surface area is 118 Å². The number of nitrogens with two attached hydrogens (primary N) is 1.